The minimum Gasteiger partial charge on any atom is -0.508 e. The summed E-state index contributed by atoms with van der Waals surface area (Å²) in [4.78, 5) is 19.4. The molecule has 2 aromatic heterocycles. The number of benzene rings is 2. The van der Waals surface area contributed by atoms with E-state index in [0.717, 1.165) is 44.7 Å². The van der Waals surface area contributed by atoms with Crippen molar-refractivity contribution in [2.75, 3.05) is 20.6 Å². The van der Waals surface area contributed by atoms with Crippen molar-refractivity contribution in [2.45, 2.75) is 19.9 Å². The van der Waals surface area contributed by atoms with Gasteiger partial charge in [-0.3, -0.25) is 9.78 Å². The van der Waals surface area contributed by atoms with Crippen molar-refractivity contribution in [3.05, 3.63) is 47.8 Å². The molecule has 0 saturated carbocycles. The number of phenols is 1. The lowest BCUT2D eigenvalue weighted by Crippen LogP contribution is -2.39. The molecule has 1 amide bonds. The van der Waals surface area contributed by atoms with Crippen molar-refractivity contribution in [1.82, 2.24) is 19.8 Å². The van der Waals surface area contributed by atoms with Crippen LogP contribution in [0.3, 0.4) is 0 Å². The Morgan fingerprint density at radius 2 is 1.93 bits per heavy atom. The van der Waals surface area contributed by atoms with E-state index in [-0.39, 0.29) is 17.7 Å². The van der Waals surface area contributed by atoms with E-state index in [1.807, 2.05) is 45.1 Å². The summed E-state index contributed by atoms with van der Waals surface area (Å²) in [6.45, 7) is 4.82. The number of hydrogen-bond donors (Lipinski definition) is 2. The molecule has 0 unspecified atom stereocenters. The van der Waals surface area contributed by atoms with Crippen molar-refractivity contribution in [1.29, 1.82) is 0 Å². The van der Waals surface area contributed by atoms with Gasteiger partial charge in [-0.05, 0) is 63.2 Å². The predicted molar refractivity (Wildman–Crippen MR) is 118 cm³/mol. The molecule has 1 atom stereocenters. The maximum absolute atomic E-state index is 13.0. The number of likely N-dealkylation sites (N-methyl/N-ethyl adjacent to an activating group) is 1. The number of carbonyl (C=O) groups excluding carboxylic acids is 1. The highest BCUT2D eigenvalue weighted by atomic mass is 16.3. The maximum Gasteiger partial charge on any atom is 0.270 e. The van der Waals surface area contributed by atoms with Crippen LogP contribution in [0.1, 0.15) is 23.0 Å². The fraction of sp³-hybridized carbons (Fsp3) is 0.304. The number of hydrogen-bond acceptors (Lipinski definition) is 4. The first-order valence-corrected chi connectivity index (χ1v) is 9.73. The Morgan fingerprint density at radius 3 is 2.66 bits per heavy atom. The number of carbonyl (C=O) groups is 1. The van der Waals surface area contributed by atoms with Gasteiger partial charge in [0.25, 0.3) is 5.91 Å². The van der Waals surface area contributed by atoms with E-state index >= 15 is 0 Å². The van der Waals surface area contributed by atoms with Gasteiger partial charge in [0.05, 0.1) is 11.0 Å². The SMILES string of the molecule is Cc1c2ccnc(C(=O)N[C@H](C)CN(C)C)c2cc2c3ccc(O)cc3n(C)c12. The molecule has 0 aliphatic carbocycles. The number of nitrogens with one attached hydrogen (secondary N) is 1. The average Bonchev–Trinajstić information content (AvgIpc) is 2.92. The van der Waals surface area contributed by atoms with E-state index in [2.05, 4.69) is 27.9 Å². The third kappa shape index (κ3) is 3.19. The van der Waals surface area contributed by atoms with Gasteiger partial charge in [-0.15, -0.1) is 0 Å². The first-order chi connectivity index (χ1) is 13.8. The third-order valence-electron chi connectivity index (χ3n) is 5.49. The second-order valence-electron chi connectivity index (χ2n) is 8.05. The van der Waals surface area contributed by atoms with Crippen LogP contribution in [0.2, 0.25) is 0 Å². The molecule has 2 aromatic carbocycles. The molecule has 29 heavy (non-hydrogen) atoms. The van der Waals surface area contributed by atoms with Crippen LogP contribution in [0, 0.1) is 6.92 Å². The summed E-state index contributed by atoms with van der Waals surface area (Å²) in [6, 6.07) is 9.41. The highest BCUT2D eigenvalue weighted by molar-refractivity contribution is 6.17. The van der Waals surface area contributed by atoms with E-state index in [0.29, 0.717) is 5.69 Å². The standard InChI is InChI=1S/C23H26N4O2/c1-13(12-26(3)4)25-23(29)21-18-11-19-17-7-6-15(28)10-20(17)27(5)22(19)14(2)16(18)8-9-24-21/h6-11,13,28H,12H2,1-5H3,(H,25,29)/t13-/m1/s1. The maximum atomic E-state index is 13.0. The van der Waals surface area contributed by atoms with Crippen molar-refractivity contribution in [3.63, 3.8) is 0 Å². The highest BCUT2D eigenvalue weighted by Crippen LogP contribution is 2.36. The predicted octanol–water partition coefficient (Wildman–Crippen LogP) is 3.57. The molecule has 2 heterocycles. The lowest BCUT2D eigenvalue weighted by molar-refractivity contribution is 0.0931. The number of phenolic OH excluding ortho intramolecular Hbond substituents is 1. The minimum absolute atomic E-state index is 0.0138. The molecule has 0 spiro atoms. The van der Waals surface area contributed by atoms with Gasteiger partial charge in [0.15, 0.2) is 0 Å². The largest absolute Gasteiger partial charge is 0.508 e. The highest BCUT2D eigenvalue weighted by Gasteiger charge is 2.19. The Labute approximate surface area is 169 Å². The summed E-state index contributed by atoms with van der Waals surface area (Å²) in [5.41, 5.74) is 3.58. The molecule has 2 N–H and O–H groups in total. The van der Waals surface area contributed by atoms with Gasteiger partial charge in [0.2, 0.25) is 0 Å². The third-order valence-corrected chi connectivity index (χ3v) is 5.49. The molecule has 0 aliphatic heterocycles. The quantitative estimate of drug-likeness (QED) is 0.559. The van der Waals surface area contributed by atoms with Crippen molar-refractivity contribution < 1.29 is 9.90 Å². The second-order valence-corrected chi connectivity index (χ2v) is 8.05. The number of amides is 1. The Morgan fingerprint density at radius 1 is 1.17 bits per heavy atom. The molecule has 4 rings (SSSR count). The number of aromatic hydroxyl groups is 1. The summed E-state index contributed by atoms with van der Waals surface area (Å²) < 4.78 is 2.10. The Kier molecular flexibility index (Phi) is 4.67. The Balaban J connectivity index is 1.93. The summed E-state index contributed by atoms with van der Waals surface area (Å²) >= 11 is 0. The fourth-order valence-electron chi connectivity index (χ4n) is 4.34. The molecule has 6 heteroatoms. The van der Waals surface area contributed by atoms with Crippen molar-refractivity contribution in [3.8, 4) is 5.75 Å². The molecule has 150 valence electrons. The topological polar surface area (TPSA) is 70.4 Å². The Hall–Kier alpha value is -3.12. The Bertz CT molecular complexity index is 1260. The first kappa shape index (κ1) is 19.2. The van der Waals surface area contributed by atoms with Gasteiger partial charge in [-0.25, -0.2) is 0 Å². The fourth-order valence-corrected chi connectivity index (χ4v) is 4.34. The number of pyridine rings is 1. The molecule has 0 saturated heterocycles. The number of aromatic nitrogens is 2. The monoisotopic (exact) mass is 390 g/mol. The summed E-state index contributed by atoms with van der Waals surface area (Å²) in [6.07, 6.45) is 1.70. The molecule has 4 aromatic rings. The molecule has 0 aliphatic rings. The number of rotatable bonds is 4. The summed E-state index contributed by atoms with van der Waals surface area (Å²) in [5, 5.41) is 16.9. The van der Waals surface area contributed by atoms with E-state index in [1.165, 1.54) is 0 Å². The van der Waals surface area contributed by atoms with E-state index in [9.17, 15) is 9.90 Å². The first-order valence-electron chi connectivity index (χ1n) is 9.73. The average molecular weight is 390 g/mol. The molecular weight excluding hydrogens is 364 g/mol. The summed E-state index contributed by atoms with van der Waals surface area (Å²) in [5.74, 6) is 0.0730. The van der Waals surface area contributed by atoms with Crippen LogP contribution in [0.15, 0.2) is 36.5 Å². The van der Waals surface area contributed by atoms with Gasteiger partial charge >= 0.3 is 0 Å². The van der Waals surface area contributed by atoms with Gasteiger partial charge in [0, 0.05) is 48.1 Å². The number of fused-ring (bicyclic) bond motifs is 4. The molecular formula is C23H26N4O2. The van der Waals surface area contributed by atoms with Crippen molar-refractivity contribution >= 4 is 38.5 Å². The van der Waals surface area contributed by atoms with Crippen molar-refractivity contribution in [2.24, 2.45) is 7.05 Å². The van der Waals surface area contributed by atoms with Crippen LogP contribution in [-0.4, -0.2) is 52.1 Å². The lowest BCUT2D eigenvalue weighted by Gasteiger charge is -2.18. The normalized spacial score (nSPS) is 12.9. The second kappa shape index (κ2) is 7.04. The van der Waals surface area contributed by atoms with Crippen LogP contribution in [0.4, 0.5) is 0 Å². The van der Waals surface area contributed by atoms with Gasteiger partial charge in [-0.2, -0.15) is 0 Å². The van der Waals surface area contributed by atoms with Gasteiger partial charge in [-0.1, -0.05) is 0 Å². The van der Waals surface area contributed by atoms with Crippen LogP contribution < -0.4 is 5.32 Å². The smallest absolute Gasteiger partial charge is 0.270 e. The van der Waals surface area contributed by atoms with E-state index in [1.54, 1.807) is 18.3 Å². The molecule has 0 fully saturated rings. The molecule has 6 nitrogen and oxygen atoms in total. The zero-order chi connectivity index (χ0) is 20.9. The van der Waals surface area contributed by atoms with Crippen LogP contribution in [0.5, 0.6) is 5.75 Å². The van der Waals surface area contributed by atoms with Crippen LogP contribution in [-0.2, 0) is 7.05 Å². The summed E-state index contributed by atoms with van der Waals surface area (Å²) in [7, 11) is 5.97. The number of nitrogens with zero attached hydrogens (tertiary/aromatic N) is 3. The van der Waals surface area contributed by atoms with Gasteiger partial charge < -0.3 is 19.9 Å². The van der Waals surface area contributed by atoms with E-state index in [4.69, 9.17) is 0 Å². The lowest BCUT2D eigenvalue weighted by atomic mass is 10.00. The zero-order valence-electron chi connectivity index (χ0n) is 17.4. The molecule has 0 bridgehead atoms. The zero-order valence-corrected chi connectivity index (χ0v) is 17.4. The van der Waals surface area contributed by atoms with Crippen LogP contribution >= 0.6 is 0 Å². The minimum atomic E-state index is -0.165. The number of aryl methyl sites for hydroxylation is 2. The molecule has 0 radical (unpaired) electrons. The van der Waals surface area contributed by atoms with Crippen LogP contribution in [0.25, 0.3) is 32.6 Å². The van der Waals surface area contributed by atoms with Gasteiger partial charge in [0.1, 0.15) is 11.4 Å². The van der Waals surface area contributed by atoms with E-state index < -0.39 is 0 Å².